The summed E-state index contributed by atoms with van der Waals surface area (Å²) in [4.78, 5) is 10.7. The van der Waals surface area contributed by atoms with Gasteiger partial charge in [0.15, 0.2) is 0 Å². The molecule has 0 saturated carbocycles. The number of aliphatic hydroxyl groups excluding tert-OH is 1. The Morgan fingerprint density at radius 3 is 2.59 bits per heavy atom. The van der Waals surface area contributed by atoms with E-state index in [0.29, 0.717) is 5.95 Å². The molecule has 94 valence electrons. The van der Waals surface area contributed by atoms with Gasteiger partial charge < -0.3 is 15.1 Å². The zero-order valence-corrected chi connectivity index (χ0v) is 10.3. The predicted octanol–water partition coefficient (Wildman–Crippen LogP) is 0.629. The molecule has 1 aromatic heterocycles. The third-order valence-electron chi connectivity index (χ3n) is 3.36. The molecule has 2 rings (SSSR count). The average Bonchev–Trinajstić information content (AvgIpc) is 2.29. The molecule has 17 heavy (non-hydrogen) atoms. The molecule has 0 amide bonds. The van der Waals surface area contributed by atoms with Crippen LogP contribution in [-0.4, -0.2) is 38.9 Å². The minimum Gasteiger partial charge on any atom is -0.392 e. The first kappa shape index (κ1) is 12.3. The second-order valence-corrected chi connectivity index (χ2v) is 4.92. The van der Waals surface area contributed by atoms with Crippen LogP contribution in [0.5, 0.6) is 0 Å². The van der Waals surface area contributed by atoms with Crippen molar-refractivity contribution in [3.63, 3.8) is 0 Å². The molecule has 0 radical (unpaired) electrons. The molecule has 1 aliphatic rings. The average molecular weight is 237 g/mol. The largest absolute Gasteiger partial charge is 0.392 e. The van der Waals surface area contributed by atoms with E-state index in [-0.39, 0.29) is 6.61 Å². The lowest BCUT2D eigenvalue weighted by atomic mass is 9.94. The van der Waals surface area contributed by atoms with Crippen LogP contribution in [-0.2, 0) is 6.61 Å². The van der Waals surface area contributed by atoms with Crippen LogP contribution in [0, 0.1) is 6.92 Å². The summed E-state index contributed by atoms with van der Waals surface area (Å²) < 4.78 is 0. The molecule has 1 saturated heterocycles. The monoisotopic (exact) mass is 237 g/mol. The molecule has 1 aliphatic heterocycles. The Balaban J connectivity index is 2.11. The highest BCUT2D eigenvalue weighted by Gasteiger charge is 2.28. The van der Waals surface area contributed by atoms with Gasteiger partial charge in [-0.1, -0.05) is 0 Å². The van der Waals surface area contributed by atoms with Crippen molar-refractivity contribution in [1.29, 1.82) is 0 Å². The van der Waals surface area contributed by atoms with E-state index in [0.717, 1.165) is 37.2 Å². The lowest BCUT2D eigenvalue weighted by Crippen LogP contribution is -2.43. The highest BCUT2D eigenvalue weighted by molar-refractivity contribution is 5.33. The number of hydrogen-bond donors (Lipinski definition) is 2. The molecule has 0 aliphatic carbocycles. The number of nitrogens with zero attached hydrogens (tertiary/aromatic N) is 3. The fourth-order valence-electron chi connectivity index (χ4n) is 1.98. The fourth-order valence-corrected chi connectivity index (χ4v) is 1.98. The topological polar surface area (TPSA) is 69.5 Å². The van der Waals surface area contributed by atoms with E-state index in [1.807, 2.05) is 13.8 Å². The van der Waals surface area contributed by atoms with Gasteiger partial charge in [0, 0.05) is 30.5 Å². The van der Waals surface area contributed by atoms with Crippen LogP contribution in [0.15, 0.2) is 6.20 Å². The molecule has 0 unspecified atom stereocenters. The SMILES string of the molecule is Cc1nc(N2CCC(C)(O)CC2)ncc1CO. The fraction of sp³-hybridized carbons (Fsp3) is 0.667. The molecule has 1 aromatic rings. The Kier molecular flexibility index (Phi) is 3.31. The minimum atomic E-state index is -0.559. The number of anilines is 1. The van der Waals surface area contributed by atoms with Gasteiger partial charge >= 0.3 is 0 Å². The van der Waals surface area contributed by atoms with E-state index in [9.17, 15) is 5.11 Å². The first-order chi connectivity index (χ1) is 8.02. The van der Waals surface area contributed by atoms with Gasteiger partial charge in [0.05, 0.1) is 12.2 Å². The molecule has 0 bridgehead atoms. The lowest BCUT2D eigenvalue weighted by Gasteiger charge is -2.35. The molecule has 0 spiro atoms. The maximum absolute atomic E-state index is 9.88. The quantitative estimate of drug-likeness (QED) is 0.789. The molecule has 1 fully saturated rings. The number of piperidine rings is 1. The normalized spacial score (nSPS) is 19.4. The smallest absolute Gasteiger partial charge is 0.225 e. The highest BCUT2D eigenvalue weighted by Crippen LogP contribution is 2.23. The Morgan fingerprint density at radius 1 is 1.41 bits per heavy atom. The summed E-state index contributed by atoms with van der Waals surface area (Å²) in [7, 11) is 0. The van der Waals surface area contributed by atoms with Gasteiger partial charge in [-0.25, -0.2) is 9.97 Å². The Bertz CT molecular complexity index is 397. The first-order valence-corrected chi connectivity index (χ1v) is 5.92. The summed E-state index contributed by atoms with van der Waals surface area (Å²) >= 11 is 0. The molecular weight excluding hydrogens is 218 g/mol. The Labute approximate surface area is 101 Å². The lowest BCUT2D eigenvalue weighted by molar-refractivity contribution is 0.0349. The number of aliphatic hydroxyl groups is 2. The van der Waals surface area contributed by atoms with Gasteiger partial charge in [-0.2, -0.15) is 0 Å². The van der Waals surface area contributed by atoms with Crippen molar-refractivity contribution in [2.45, 2.75) is 38.9 Å². The Hall–Kier alpha value is -1.20. The molecule has 5 heteroatoms. The summed E-state index contributed by atoms with van der Waals surface area (Å²) in [6, 6.07) is 0. The van der Waals surface area contributed by atoms with Crippen molar-refractivity contribution in [2.75, 3.05) is 18.0 Å². The summed E-state index contributed by atoms with van der Waals surface area (Å²) in [5, 5.41) is 18.9. The summed E-state index contributed by atoms with van der Waals surface area (Å²) in [5.41, 5.74) is 1.02. The third kappa shape index (κ3) is 2.73. The maximum atomic E-state index is 9.88. The van der Waals surface area contributed by atoms with E-state index in [1.54, 1.807) is 6.20 Å². The molecule has 2 N–H and O–H groups in total. The standard InChI is InChI=1S/C12H19N3O2/c1-9-10(8-16)7-13-11(14-9)15-5-3-12(2,17)4-6-15/h7,16-17H,3-6,8H2,1-2H3. The summed E-state index contributed by atoms with van der Waals surface area (Å²) in [6.45, 7) is 5.25. The Morgan fingerprint density at radius 2 is 2.06 bits per heavy atom. The molecule has 0 aromatic carbocycles. The maximum Gasteiger partial charge on any atom is 0.225 e. The van der Waals surface area contributed by atoms with Gasteiger partial charge in [-0.3, -0.25) is 0 Å². The van der Waals surface area contributed by atoms with Crippen LogP contribution in [0.3, 0.4) is 0 Å². The molecule has 0 atom stereocenters. The number of aromatic nitrogens is 2. The van der Waals surface area contributed by atoms with Crippen molar-refractivity contribution in [1.82, 2.24) is 9.97 Å². The van der Waals surface area contributed by atoms with Gasteiger partial charge in [0.1, 0.15) is 0 Å². The van der Waals surface area contributed by atoms with Crippen LogP contribution < -0.4 is 4.90 Å². The van der Waals surface area contributed by atoms with Crippen molar-refractivity contribution < 1.29 is 10.2 Å². The van der Waals surface area contributed by atoms with Crippen LogP contribution in [0.2, 0.25) is 0 Å². The van der Waals surface area contributed by atoms with Crippen molar-refractivity contribution in [2.24, 2.45) is 0 Å². The zero-order chi connectivity index (χ0) is 12.5. The van der Waals surface area contributed by atoms with Gasteiger partial charge in [0.25, 0.3) is 0 Å². The van der Waals surface area contributed by atoms with E-state index in [1.165, 1.54) is 0 Å². The minimum absolute atomic E-state index is 0.0270. The summed E-state index contributed by atoms with van der Waals surface area (Å²) in [5.74, 6) is 0.690. The number of hydrogen-bond acceptors (Lipinski definition) is 5. The third-order valence-corrected chi connectivity index (χ3v) is 3.36. The predicted molar refractivity (Wildman–Crippen MR) is 64.8 cm³/mol. The van der Waals surface area contributed by atoms with Crippen LogP contribution in [0.4, 0.5) is 5.95 Å². The number of aryl methyl sites for hydroxylation is 1. The van der Waals surface area contributed by atoms with Crippen molar-refractivity contribution >= 4 is 5.95 Å². The zero-order valence-electron chi connectivity index (χ0n) is 10.3. The van der Waals surface area contributed by atoms with Crippen LogP contribution >= 0.6 is 0 Å². The van der Waals surface area contributed by atoms with E-state index in [4.69, 9.17) is 5.11 Å². The number of rotatable bonds is 2. The van der Waals surface area contributed by atoms with E-state index in [2.05, 4.69) is 14.9 Å². The molecule has 5 nitrogen and oxygen atoms in total. The first-order valence-electron chi connectivity index (χ1n) is 5.92. The van der Waals surface area contributed by atoms with E-state index >= 15 is 0 Å². The second-order valence-electron chi connectivity index (χ2n) is 4.92. The van der Waals surface area contributed by atoms with E-state index < -0.39 is 5.60 Å². The van der Waals surface area contributed by atoms with Crippen molar-refractivity contribution in [3.8, 4) is 0 Å². The molecular formula is C12H19N3O2. The second kappa shape index (κ2) is 4.58. The highest BCUT2D eigenvalue weighted by atomic mass is 16.3. The van der Waals surface area contributed by atoms with Crippen LogP contribution in [0.1, 0.15) is 31.0 Å². The summed E-state index contributed by atoms with van der Waals surface area (Å²) in [6.07, 6.45) is 3.14. The van der Waals surface area contributed by atoms with Gasteiger partial charge in [-0.05, 0) is 26.7 Å². The van der Waals surface area contributed by atoms with Gasteiger partial charge in [-0.15, -0.1) is 0 Å². The van der Waals surface area contributed by atoms with Crippen LogP contribution in [0.25, 0.3) is 0 Å². The van der Waals surface area contributed by atoms with Crippen molar-refractivity contribution in [3.05, 3.63) is 17.5 Å². The van der Waals surface area contributed by atoms with Gasteiger partial charge in [0.2, 0.25) is 5.95 Å². The molecule has 2 heterocycles.